The topological polar surface area (TPSA) is 101 Å². The van der Waals surface area contributed by atoms with Crippen LogP contribution in [0.4, 0.5) is 0 Å². The summed E-state index contributed by atoms with van der Waals surface area (Å²) in [6.45, 7) is 6.78. The molecule has 124 valence electrons. The molecule has 0 aliphatic carbocycles. The van der Waals surface area contributed by atoms with Crippen LogP contribution in [-0.2, 0) is 16.1 Å². The highest BCUT2D eigenvalue weighted by molar-refractivity contribution is 7.18. The molecule has 23 heavy (non-hydrogen) atoms. The minimum absolute atomic E-state index is 0.00592. The number of carbonyl (C=O) groups is 2. The first-order chi connectivity index (χ1) is 10.6. The second-order valence-electron chi connectivity index (χ2n) is 5.93. The molecule has 0 aliphatic rings. The third-order valence-electron chi connectivity index (χ3n) is 3.72. The third-order valence-corrected chi connectivity index (χ3v) is 4.84. The van der Waals surface area contributed by atoms with Gasteiger partial charge >= 0.3 is 5.97 Å². The normalized spacial score (nSPS) is 11.7. The first kappa shape index (κ1) is 17.1. The first-order valence-electron chi connectivity index (χ1n) is 7.13. The lowest BCUT2D eigenvalue weighted by Crippen LogP contribution is -2.49. The van der Waals surface area contributed by atoms with Gasteiger partial charge in [0, 0.05) is 17.8 Å². The summed E-state index contributed by atoms with van der Waals surface area (Å²) in [4.78, 5) is 41.3. The Kier molecular flexibility index (Phi) is 4.56. The predicted octanol–water partition coefficient (Wildman–Crippen LogP) is 1.44. The number of aryl methyl sites for hydroxylation is 3. The van der Waals surface area contributed by atoms with E-state index in [9.17, 15) is 14.4 Å². The second-order valence-corrected chi connectivity index (χ2v) is 7.14. The number of nitrogens with zero attached hydrogens (tertiary/aromatic N) is 2. The van der Waals surface area contributed by atoms with Crippen molar-refractivity contribution >= 4 is 33.4 Å². The van der Waals surface area contributed by atoms with Crippen LogP contribution in [0.1, 0.15) is 30.7 Å². The van der Waals surface area contributed by atoms with Gasteiger partial charge in [-0.1, -0.05) is 0 Å². The van der Waals surface area contributed by atoms with E-state index in [4.69, 9.17) is 5.11 Å². The number of amides is 1. The number of carboxylic acids is 1. The Hall–Kier alpha value is -2.22. The molecule has 0 fully saturated rings. The van der Waals surface area contributed by atoms with Crippen molar-refractivity contribution in [2.75, 3.05) is 0 Å². The number of nitrogens with one attached hydrogen (secondary N) is 1. The first-order valence-corrected chi connectivity index (χ1v) is 7.94. The summed E-state index contributed by atoms with van der Waals surface area (Å²) in [5.74, 6) is -1.54. The lowest BCUT2D eigenvalue weighted by atomic mass is 10.1. The predicted molar refractivity (Wildman–Crippen MR) is 87.8 cm³/mol. The Morgan fingerprint density at radius 2 is 2.04 bits per heavy atom. The molecule has 0 atom stereocenters. The Balaban J connectivity index is 2.16. The van der Waals surface area contributed by atoms with E-state index in [1.54, 1.807) is 0 Å². The van der Waals surface area contributed by atoms with E-state index in [1.165, 1.54) is 36.1 Å². The molecule has 0 unspecified atom stereocenters. The third kappa shape index (κ3) is 3.42. The van der Waals surface area contributed by atoms with E-state index in [2.05, 4.69) is 10.3 Å². The maximum atomic E-state index is 12.5. The average molecular weight is 337 g/mol. The molecule has 2 N–H and O–H groups in total. The monoisotopic (exact) mass is 337 g/mol. The molecule has 1 amide bonds. The number of hydrogen-bond donors (Lipinski definition) is 2. The fourth-order valence-electron chi connectivity index (χ4n) is 2.12. The van der Waals surface area contributed by atoms with Crippen LogP contribution in [0, 0.1) is 13.8 Å². The molecule has 0 saturated carbocycles. The summed E-state index contributed by atoms with van der Waals surface area (Å²) in [7, 11) is 0. The molecule has 2 aromatic heterocycles. The minimum atomic E-state index is -1.34. The number of rotatable bonds is 5. The van der Waals surface area contributed by atoms with Crippen LogP contribution < -0.4 is 10.9 Å². The zero-order valence-corrected chi connectivity index (χ0v) is 14.3. The fourth-order valence-corrected chi connectivity index (χ4v) is 3.10. The lowest BCUT2D eigenvalue weighted by molar-refractivity contribution is -0.146. The molecule has 0 radical (unpaired) electrons. The Morgan fingerprint density at radius 3 is 2.65 bits per heavy atom. The quantitative estimate of drug-likeness (QED) is 0.860. The molecule has 0 aliphatic heterocycles. The molecule has 7 nitrogen and oxygen atoms in total. The molecule has 2 heterocycles. The van der Waals surface area contributed by atoms with E-state index in [0.717, 1.165) is 10.4 Å². The van der Waals surface area contributed by atoms with E-state index in [0.29, 0.717) is 10.2 Å². The van der Waals surface area contributed by atoms with Gasteiger partial charge in [0.25, 0.3) is 5.56 Å². The van der Waals surface area contributed by atoms with Gasteiger partial charge in [-0.05, 0) is 33.3 Å². The lowest BCUT2D eigenvalue weighted by Gasteiger charge is -2.21. The van der Waals surface area contributed by atoms with E-state index in [1.807, 2.05) is 13.8 Å². The van der Waals surface area contributed by atoms with Crippen LogP contribution in [0.5, 0.6) is 0 Å². The Bertz CT molecular complexity index is 835. The van der Waals surface area contributed by atoms with Crippen molar-refractivity contribution in [3.63, 3.8) is 0 Å². The molecule has 0 bridgehead atoms. The molecule has 0 spiro atoms. The van der Waals surface area contributed by atoms with Crippen molar-refractivity contribution in [2.45, 2.75) is 46.2 Å². The number of aromatic nitrogens is 2. The van der Waals surface area contributed by atoms with Crippen LogP contribution in [0.2, 0.25) is 0 Å². The standard InChI is InChI=1S/C15H19N3O4S/c1-8-9(2)23-12-11(8)13(20)18(7-16-12)6-5-10(19)17-15(3,4)14(21)22/h7H,5-6H2,1-4H3,(H,17,19)(H,21,22). The molecule has 0 aromatic carbocycles. The van der Waals surface area contributed by atoms with E-state index in [-0.39, 0.29) is 18.5 Å². The van der Waals surface area contributed by atoms with Crippen molar-refractivity contribution in [3.8, 4) is 0 Å². The number of aliphatic carboxylic acids is 1. The maximum absolute atomic E-state index is 12.5. The highest BCUT2D eigenvalue weighted by atomic mass is 32.1. The van der Waals surface area contributed by atoms with Gasteiger partial charge in [0.2, 0.25) is 5.91 Å². The Labute approximate surface area is 137 Å². The molecule has 8 heteroatoms. The van der Waals surface area contributed by atoms with Crippen LogP contribution in [0.25, 0.3) is 10.2 Å². The van der Waals surface area contributed by atoms with Crippen molar-refractivity contribution in [1.29, 1.82) is 0 Å². The molecule has 2 rings (SSSR count). The van der Waals surface area contributed by atoms with E-state index >= 15 is 0 Å². The SMILES string of the molecule is Cc1sc2ncn(CCC(=O)NC(C)(C)C(=O)O)c(=O)c2c1C. The van der Waals surface area contributed by atoms with Gasteiger partial charge in [0.05, 0.1) is 11.7 Å². The number of carbonyl (C=O) groups excluding carboxylic acids is 1. The fraction of sp³-hybridized carbons (Fsp3) is 0.467. The van der Waals surface area contributed by atoms with Gasteiger partial charge in [-0.2, -0.15) is 0 Å². The molecule has 0 saturated heterocycles. The summed E-state index contributed by atoms with van der Waals surface area (Å²) in [5.41, 5.74) is -0.610. The summed E-state index contributed by atoms with van der Waals surface area (Å²) in [6.07, 6.45) is 1.43. The van der Waals surface area contributed by atoms with Crippen LogP contribution >= 0.6 is 11.3 Å². The average Bonchev–Trinajstić information content (AvgIpc) is 2.73. The summed E-state index contributed by atoms with van der Waals surface area (Å²) in [6, 6.07) is 0. The smallest absolute Gasteiger partial charge is 0.328 e. The number of thiophene rings is 1. The largest absolute Gasteiger partial charge is 0.480 e. The van der Waals surface area contributed by atoms with Crippen molar-refractivity contribution in [3.05, 3.63) is 27.1 Å². The van der Waals surface area contributed by atoms with Crippen LogP contribution in [0.15, 0.2) is 11.1 Å². The molecular formula is C15H19N3O4S. The Morgan fingerprint density at radius 1 is 1.39 bits per heavy atom. The zero-order valence-electron chi connectivity index (χ0n) is 13.5. The van der Waals surface area contributed by atoms with Gasteiger partial charge in [-0.3, -0.25) is 14.2 Å². The van der Waals surface area contributed by atoms with Crippen molar-refractivity contribution in [2.24, 2.45) is 0 Å². The summed E-state index contributed by atoms with van der Waals surface area (Å²) < 4.78 is 1.38. The highest BCUT2D eigenvalue weighted by Crippen LogP contribution is 2.25. The van der Waals surface area contributed by atoms with Crippen LogP contribution in [0.3, 0.4) is 0 Å². The van der Waals surface area contributed by atoms with Gasteiger partial charge in [0.1, 0.15) is 10.4 Å². The highest BCUT2D eigenvalue weighted by Gasteiger charge is 2.28. The van der Waals surface area contributed by atoms with Gasteiger partial charge in [-0.25, -0.2) is 9.78 Å². The van der Waals surface area contributed by atoms with E-state index < -0.39 is 17.4 Å². The maximum Gasteiger partial charge on any atom is 0.328 e. The van der Waals surface area contributed by atoms with Gasteiger partial charge < -0.3 is 10.4 Å². The molecule has 2 aromatic rings. The van der Waals surface area contributed by atoms with Gasteiger partial charge in [-0.15, -0.1) is 11.3 Å². The molecular weight excluding hydrogens is 318 g/mol. The van der Waals surface area contributed by atoms with Crippen molar-refractivity contribution in [1.82, 2.24) is 14.9 Å². The number of hydrogen-bond acceptors (Lipinski definition) is 5. The van der Waals surface area contributed by atoms with Crippen LogP contribution in [-0.4, -0.2) is 32.1 Å². The zero-order chi connectivity index (χ0) is 17.4. The summed E-state index contributed by atoms with van der Waals surface area (Å²) >= 11 is 1.47. The second kappa shape index (κ2) is 6.11. The van der Waals surface area contributed by atoms with Gasteiger partial charge in [0.15, 0.2) is 0 Å². The minimum Gasteiger partial charge on any atom is -0.480 e. The number of fused-ring (bicyclic) bond motifs is 1. The summed E-state index contributed by atoms with van der Waals surface area (Å²) in [5, 5.41) is 12.0. The van der Waals surface area contributed by atoms with Crippen molar-refractivity contribution < 1.29 is 14.7 Å². The number of carboxylic acid groups (broad SMARTS) is 1.